The van der Waals surface area contributed by atoms with E-state index in [0.717, 1.165) is 5.56 Å². The van der Waals surface area contributed by atoms with Crippen LogP contribution in [0.5, 0.6) is 5.75 Å². The molecule has 2 nitrogen and oxygen atoms in total. The van der Waals surface area contributed by atoms with E-state index in [1.54, 1.807) is 19.9 Å². The van der Waals surface area contributed by atoms with Gasteiger partial charge in [0.2, 0.25) is 0 Å². The molecule has 4 heteroatoms. The van der Waals surface area contributed by atoms with E-state index in [-0.39, 0.29) is 12.1 Å². The van der Waals surface area contributed by atoms with E-state index in [4.69, 9.17) is 4.74 Å². The van der Waals surface area contributed by atoms with Crippen LogP contribution in [0.4, 0.5) is 8.78 Å². The molecule has 0 heterocycles. The van der Waals surface area contributed by atoms with E-state index < -0.39 is 5.92 Å². The van der Waals surface area contributed by atoms with Crippen LogP contribution in [0.1, 0.15) is 16.7 Å². The second kappa shape index (κ2) is 4.78. The topological polar surface area (TPSA) is 21.3 Å². The van der Waals surface area contributed by atoms with Crippen LogP contribution >= 0.6 is 0 Å². The molecular weight excluding hydrogens is 212 g/mol. The third kappa shape index (κ3) is 2.32. The van der Waals surface area contributed by atoms with Gasteiger partial charge < -0.3 is 10.1 Å². The Bertz CT molecular complexity index is 378. The highest BCUT2D eigenvalue weighted by atomic mass is 19.3. The van der Waals surface area contributed by atoms with Gasteiger partial charge in [0.15, 0.2) is 0 Å². The number of rotatable bonds is 4. The lowest BCUT2D eigenvalue weighted by Gasteiger charge is -2.20. The smallest absolute Gasteiger partial charge is 0.285 e. The lowest BCUT2D eigenvalue weighted by Crippen LogP contribution is -2.29. The van der Waals surface area contributed by atoms with Gasteiger partial charge in [-0.1, -0.05) is 0 Å². The molecule has 0 fully saturated rings. The van der Waals surface area contributed by atoms with Crippen molar-refractivity contribution in [2.75, 3.05) is 20.7 Å². The van der Waals surface area contributed by atoms with Gasteiger partial charge in [-0.25, -0.2) is 0 Å². The first kappa shape index (κ1) is 12.9. The van der Waals surface area contributed by atoms with E-state index in [0.29, 0.717) is 11.3 Å². The first-order chi connectivity index (χ1) is 7.44. The van der Waals surface area contributed by atoms with Gasteiger partial charge in [-0.05, 0) is 44.2 Å². The zero-order valence-electron chi connectivity index (χ0n) is 10.0. The maximum atomic E-state index is 13.7. The van der Waals surface area contributed by atoms with E-state index in [2.05, 4.69) is 5.32 Å². The van der Waals surface area contributed by atoms with Crippen LogP contribution in [0.25, 0.3) is 0 Å². The maximum Gasteiger partial charge on any atom is 0.285 e. The summed E-state index contributed by atoms with van der Waals surface area (Å²) in [5.74, 6) is -2.21. The Kier molecular flexibility index (Phi) is 3.86. The Hall–Kier alpha value is -1.16. The highest BCUT2D eigenvalue weighted by Crippen LogP contribution is 2.34. The standard InChI is InChI=1S/C12H17F2NO/c1-8-9(2)11(16-4)6-5-10(8)12(13,14)7-15-3/h5-6,15H,7H2,1-4H3. The molecule has 0 saturated carbocycles. The third-order valence-electron chi connectivity index (χ3n) is 2.75. The van der Waals surface area contributed by atoms with Gasteiger partial charge in [0.05, 0.1) is 13.7 Å². The van der Waals surface area contributed by atoms with Crippen molar-refractivity contribution in [3.05, 3.63) is 28.8 Å². The largest absolute Gasteiger partial charge is 0.496 e. The van der Waals surface area contributed by atoms with Gasteiger partial charge in [0, 0.05) is 5.56 Å². The lowest BCUT2D eigenvalue weighted by atomic mass is 9.97. The zero-order chi connectivity index (χ0) is 12.3. The Morgan fingerprint density at radius 1 is 1.25 bits per heavy atom. The van der Waals surface area contributed by atoms with Crippen molar-refractivity contribution in [1.82, 2.24) is 5.32 Å². The van der Waals surface area contributed by atoms with Crippen molar-refractivity contribution < 1.29 is 13.5 Å². The van der Waals surface area contributed by atoms with Crippen LogP contribution < -0.4 is 10.1 Å². The minimum absolute atomic E-state index is 0.0557. The van der Waals surface area contributed by atoms with Crippen molar-refractivity contribution in [2.45, 2.75) is 19.8 Å². The molecule has 0 aromatic heterocycles. The van der Waals surface area contributed by atoms with Crippen molar-refractivity contribution in [1.29, 1.82) is 0 Å². The minimum Gasteiger partial charge on any atom is -0.496 e. The van der Waals surface area contributed by atoms with E-state index >= 15 is 0 Å². The van der Waals surface area contributed by atoms with Crippen molar-refractivity contribution >= 4 is 0 Å². The molecule has 1 rings (SSSR count). The molecule has 1 aromatic rings. The summed E-state index contributed by atoms with van der Waals surface area (Å²) in [4.78, 5) is 0. The normalized spacial score (nSPS) is 11.6. The lowest BCUT2D eigenvalue weighted by molar-refractivity contribution is -0.00196. The zero-order valence-corrected chi connectivity index (χ0v) is 10.0. The number of hydrogen-bond acceptors (Lipinski definition) is 2. The summed E-state index contributed by atoms with van der Waals surface area (Å²) in [5, 5.41) is 2.50. The summed E-state index contributed by atoms with van der Waals surface area (Å²) < 4.78 is 32.6. The number of ether oxygens (including phenoxy) is 1. The summed E-state index contributed by atoms with van der Waals surface area (Å²) >= 11 is 0. The maximum absolute atomic E-state index is 13.7. The molecular formula is C12H17F2NO. The summed E-state index contributed by atoms with van der Waals surface area (Å²) in [5.41, 5.74) is 1.40. The van der Waals surface area contributed by atoms with E-state index in [9.17, 15) is 8.78 Å². The number of likely N-dealkylation sites (N-methyl/N-ethyl adjacent to an activating group) is 1. The SMILES string of the molecule is CNCC(F)(F)c1ccc(OC)c(C)c1C. The van der Waals surface area contributed by atoms with Crippen molar-refractivity contribution in [3.8, 4) is 5.75 Å². The predicted octanol–water partition coefficient (Wildman–Crippen LogP) is 2.62. The summed E-state index contributed by atoms with van der Waals surface area (Å²) in [7, 11) is 3.05. The Labute approximate surface area is 94.6 Å². The summed E-state index contributed by atoms with van der Waals surface area (Å²) in [6.45, 7) is 3.11. The first-order valence-corrected chi connectivity index (χ1v) is 5.11. The van der Waals surface area contributed by atoms with E-state index in [1.165, 1.54) is 20.2 Å². The highest BCUT2D eigenvalue weighted by Gasteiger charge is 2.32. The quantitative estimate of drug-likeness (QED) is 0.857. The Morgan fingerprint density at radius 3 is 2.38 bits per heavy atom. The van der Waals surface area contributed by atoms with Crippen molar-refractivity contribution in [2.24, 2.45) is 0 Å². The fourth-order valence-corrected chi connectivity index (χ4v) is 1.73. The van der Waals surface area contributed by atoms with Gasteiger partial charge in [-0.2, -0.15) is 8.78 Å². The van der Waals surface area contributed by atoms with Crippen LogP contribution in [-0.2, 0) is 5.92 Å². The fraction of sp³-hybridized carbons (Fsp3) is 0.500. The van der Waals surface area contributed by atoms with Gasteiger partial charge in [0.25, 0.3) is 5.92 Å². The predicted molar refractivity (Wildman–Crippen MR) is 60.3 cm³/mol. The molecule has 0 aliphatic rings. The molecule has 0 saturated heterocycles. The molecule has 0 bridgehead atoms. The average molecular weight is 229 g/mol. The number of methoxy groups -OCH3 is 1. The average Bonchev–Trinajstić information content (AvgIpc) is 2.21. The number of alkyl halides is 2. The van der Waals surface area contributed by atoms with Crippen LogP contribution in [0.2, 0.25) is 0 Å². The molecule has 0 unspecified atom stereocenters. The first-order valence-electron chi connectivity index (χ1n) is 5.11. The molecule has 16 heavy (non-hydrogen) atoms. The molecule has 0 aliphatic heterocycles. The van der Waals surface area contributed by atoms with Gasteiger partial charge in [-0.3, -0.25) is 0 Å². The highest BCUT2D eigenvalue weighted by molar-refractivity contribution is 5.45. The minimum atomic E-state index is -2.85. The molecule has 1 N–H and O–H groups in total. The second-order valence-corrected chi connectivity index (χ2v) is 3.80. The summed E-state index contributed by atoms with van der Waals surface area (Å²) in [6, 6.07) is 3.01. The molecule has 0 radical (unpaired) electrons. The van der Waals surface area contributed by atoms with Gasteiger partial charge in [-0.15, -0.1) is 0 Å². The second-order valence-electron chi connectivity index (χ2n) is 3.80. The Morgan fingerprint density at radius 2 is 1.88 bits per heavy atom. The van der Waals surface area contributed by atoms with Crippen LogP contribution in [0, 0.1) is 13.8 Å². The fourth-order valence-electron chi connectivity index (χ4n) is 1.73. The summed E-state index contributed by atoms with van der Waals surface area (Å²) in [6.07, 6.45) is 0. The van der Waals surface area contributed by atoms with Crippen LogP contribution in [-0.4, -0.2) is 20.7 Å². The number of hydrogen-bond donors (Lipinski definition) is 1. The van der Waals surface area contributed by atoms with Crippen LogP contribution in [0.15, 0.2) is 12.1 Å². The van der Waals surface area contributed by atoms with E-state index in [1.807, 2.05) is 0 Å². The molecule has 0 amide bonds. The number of halogens is 2. The molecule has 1 aromatic carbocycles. The van der Waals surface area contributed by atoms with Crippen molar-refractivity contribution in [3.63, 3.8) is 0 Å². The van der Waals surface area contributed by atoms with Gasteiger partial charge >= 0.3 is 0 Å². The molecule has 0 spiro atoms. The Balaban J connectivity index is 3.21. The van der Waals surface area contributed by atoms with Crippen LogP contribution in [0.3, 0.4) is 0 Å². The monoisotopic (exact) mass is 229 g/mol. The van der Waals surface area contributed by atoms with Gasteiger partial charge in [0.1, 0.15) is 5.75 Å². The molecule has 0 atom stereocenters. The molecule has 90 valence electrons. The molecule has 0 aliphatic carbocycles. The number of benzene rings is 1. The third-order valence-corrected chi connectivity index (χ3v) is 2.75. The number of nitrogens with one attached hydrogen (secondary N) is 1.